The molecule has 0 aliphatic carbocycles. The summed E-state index contributed by atoms with van der Waals surface area (Å²) in [5, 5.41) is 8.63. The summed E-state index contributed by atoms with van der Waals surface area (Å²) in [6.07, 6.45) is 11.1. The van der Waals surface area contributed by atoms with E-state index >= 15 is 0 Å². The molecule has 0 spiro atoms. The highest BCUT2D eigenvalue weighted by atomic mass is 16.3. The molecule has 0 atom stereocenters. The van der Waals surface area contributed by atoms with Crippen LogP contribution in [-0.4, -0.2) is 5.11 Å². The first-order chi connectivity index (χ1) is 11.2. The molecule has 0 aromatic heterocycles. The molecule has 0 saturated heterocycles. The normalized spacial score (nSPS) is 10.0. The Bertz CT molecular complexity index is 504. The topological polar surface area (TPSA) is 20.2 Å². The Morgan fingerprint density at radius 2 is 1.39 bits per heavy atom. The fourth-order valence-corrected chi connectivity index (χ4v) is 2.58. The van der Waals surface area contributed by atoms with Gasteiger partial charge in [-0.05, 0) is 37.5 Å². The van der Waals surface area contributed by atoms with Crippen molar-refractivity contribution in [3.8, 4) is 5.75 Å². The second-order valence-corrected chi connectivity index (χ2v) is 6.20. The minimum atomic E-state index is 0.322. The van der Waals surface area contributed by atoms with Gasteiger partial charge in [-0.15, -0.1) is 0 Å². The van der Waals surface area contributed by atoms with Crippen LogP contribution in [0.5, 0.6) is 5.75 Å². The summed E-state index contributed by atoms with van der Waals surface area (Å²) in [6.45, 7) is 4.45. The first kappa shape index (κ1) is 19.3. The predicted octanol–water partition coefficient (Wildman–Crippen LogP) is 6.68. The van der Waals surface area contributed by atoms with Crippen molar-refractivity contribution >= 4 is 0 Å². The van der Waals surface area contributed by atoms with Gasteiger partial charge in [-0.25, -0.2) is 0 Å². The van der Waals surface area contributed by atoms with Gasteiger partial charge in [-0.2, -0.15) is 0 Å². The number of hydrogen-bond acceptors (Lipinski definition) is 1. The van der Waals surface area contributed by atoms with E-state index < -0.39 is 0 Å². The standard InChI is InChI=1S/C16H26.C6H6O/c1-3-4-5-6-7-8-9-12-16-13-10-11-15(2)14-16;7-6-4-2-1-3-5-6/h10-11,13-14H,3-9,12H2,1-2H3;1-5,7H. The summed E-state index contributed by atoms with van der Waals surface area (Å²) in [7, 11) is 0. The van der Waals surface area contributed by atoms with Crippen molar-refractivity contribution in [3.05, 3.63) is 65.7 Å². The zero-order chi connectivity index (χ0) is 16.8. The van der Waals surface area contributed by atoms with E-state index in [9.17, 15) is 0 Å². The van der Waals surface area contributed by atoms with E-state index in [2.05, 4.69) is 38.1 Å². The molecule has 0 radical (unpaired) electrons. The molecule has 2 aromatic rings. The summed E-state index contributed by atoms with van der Waals surface area (Å²) in [5.41, 5.74) is 2.90. The SMILES string of the molecule is CCCCCCCCCc1cccc(C)c1.Oc1ccccc1. The number of phenolic OH excluding ortho intramolecular Hbond substituents is 1. The third-order valence-electron chi connectivity index (χ3n) is 3.91. The Morgan fingerprint density at radius 1 is 0.739 bits per heavy atom. The largest absolute Gasteiger partial charge is 0.508 e. The van der Waals surface area contributed by atoms with Crippen LogP contribution in [0, 0.1) is 6.92 Å². The van der Waals surface area contributed by atoms with Gasteiger partial charge >= 0.3 is 0 Å². The maximum atomic E-state index is 8.63. The molecule has 1 heteroatoms. The van der Waals surface area contributed by atoms with Crippen molar-refractivity contribution in [2.75, 3.05) is 0 Å². The lowest BCUT2D eigenvalue weighted by Gasteiger charge is -2.03. The summed E-state index contributed by atoms with van der Waals surface area (Å²) in [5.74, 6) is 0.322. The van der Waals surface area contributed by atoms with Gasteiger partial charge in [0.2, 0.25) is 0 Å². The molecule has 0 heterocycles. The van der Waals surface area contributed by atoms with Gasteiger partial charge in [0, 0.05) is 0 Å². The van der Waals surface area contributed by atoms with Crippen LogP contribution in [-0.2, 0) is 6.42 Å². The smallest absolute Gasteiger partial charge is 0.115 e. The Hall–Kier alpha value is -1.76. The van der Waals surface area contributed by atoms with Crippen LogP contribution < -0.4 is 0 Å². The minimum absolute atomic E-state index is 0.322. The molecule has 1 nitrogen and oxygen atoms in total. The van der Waals surface area contributed by atoms with Crippen LogP contribution in [0.1, 0.15) is 63.0 Å². The summed E-state index contributed by atoms with van der Waals surface area (Å²) >= 11 is 0. The van der Waals surface area contributed by atoms with Crippen molar-refractivity contribution in [2.45, 2.75) is 65.2 Å². The fourth-order valence-electron chi connectivity index (χ4n) is 2.58. The number of unbranched alkanes of at least 4 members (excludes halogenated alkanes) is 6. The second kappa shape index (κ2) is 12.8. The lowest BCUT2D eigenvalue weighted by atomic mass is 10.0. The zero-order valence-corrected chi connectivity index (χ0v) is 14.8. The number of aromatic hydroxyl groups is 1. The average Bonchev–Trinajstić information content (AvgIpc) is 2.55. The van der Waals surface area contributed by atoms with E-state index in [4.69, 9.17) is 5.11 Å². The molecular formula is C22H32O. The van der Waals surface area contributed by atoms with Crippen molar-refractivity contribution < 1.29 is 5.11 Å². The number of benzene rings is 2. The molecule has 23 heavy (non-hydrogen) atoms. The van der Waals surface area contributed by atoms with Crippen LogP contribution in [0.4, 0.5) is 0 Å². The number of aryl methyl sites for hydroxylation is 2. The maximum Gasteiger partial charge on any atom is 0.115 e. The van der Waals surface area contributed by atoms with Crippen molar-refractivity contribution in [1.29, 1.82) is 0 Å². The van der Waals surface area contributed by atoms with Gasteiger partial charge in [-0.3, -0.25) is 0 Å². The Morgan fingerprint density at radius 3 is 1.96 bits per heavy atom. The number of hydrogen-bond donors (Lipinski definition) is 1. The molecule has 126 valence electrons. The Labute approximate surface area is 142 Å². The second-order valence-electron chi connectivity index (χ2n) is 6.20. The van der Waals surface area contributed by atoms with Crippen molar-refractivity contribution in [2.24, 2.45) is 0 Å². The molecular weight excluding hydrogens is 280 g/mol. The van der Waals surface area contributed by atoms with Crippen molar-refractivity contribution in [3.63, 3.8) is 0 Å². The lowest BCUT2D eigenvalue weighted by molar-refractivity contribution is 0.475. The zero-order valence-electron chi connectivity index (χ0n) is 14.8. The molecule has 2 aromatic carbocycles. The fraction of sp³-hybridized carbons (Fsp3) is 0.455. The predicted molar refractivity (Wildman–Crippen MR) is 101 cm³/mol. The number of phenols is 1. The quantitative estimate of drug-likeness (QED) is 0.539. The number of rotatable bonds is 8. The molecule has 0 saturated carbocycles. The van der Waals surface area contributed by atoms with E-state index in [0.29, 0.717) is 5.75 Å². The Kier molecular flexibility index (Phi) is 10.7. The highest BCUT2D eigenvalue weighted by Gasteiger charge is 1.94. The first-order valence-corrected chi connectivity index (χ1v) is 9.02. The highest BCUT2D eigenvalue weighted by molar-refractivity contribution is 5.22. The molecule has 0 aliphatic heterocycles. The van der Waals surface area contributed by atoms with Gasteiger partial charge in [0.15, 0.2) is 0 Å². The Balaban J connectivity index is 0.000000313. The van der Waals surface area contributed by atoms with Gasteiger partial charge in [0.1, 0.15) is 5.75 Å². The van der Waals surface area contributed by atoms with E-state index in [0.717, 1.165) is 0 Å². The van der Waals surface area contributed by atoms with Gasteiger partial charge in [-0.1, -0.05) is 93.5 Å². The summed E-state index contributed by atoms with van der Waals surface area (Å²) < 4.78 is 0. The first-order valence-electron chi connectivity index (χ1n) is 9.02. The van der Waals surface area contributed by atoms with E-state index in [-0.39, 0.29) is 0 Å². The van der Waals surface area contributed by atoms with Crippen LogP contribution >= 0.6 is 0 Å². The highest BCUT2D eigenvalue weighted by Crippen LogP contribution is 2.11. The molecule has 2 rings (SSSR count). The maximum absolute atomic E-state index is 8.63. The van der Waals surface area contributed by atoms with Crippen LogP contribution in [0.3, 0.4) is 0 Å². The molecule has 0 amide bonds. The molecule has 0 fully saturated rings. The molecule has 1 N–H and O–H groups in total. The lowest BCUT2D eigenvalue weighted by Crippen LogP contribution is -1.87. The van der Waals surface area contributed by atoms with Crippen LogP contribution in [0.15, 0.2) is 54.6 Å². The summed E-state index contributed by atoms with van der Waals surface area (Å²) in [6, 6.07) is 17.6. The van der Waals surface area contributed by atoms with E-state index in [1.54, 1.807) is 24.3 Å². The third kappa shape index (κ3) is 10.6. The minimum Gasteiger partial charge on any atom is -0.508 e. The molecule has 0 aliphatic rings. The van der Waals surface area contributed by atoms with Crippen LogP contribution in [0.25, 0.3) is 0 Å². The van der Waals surface area contributed by atoms with Crippen molar-refractivity contribution in [1.82, 2.24) is 0 Å². The summed E-state index contributed by atoms with van der Waals surface area (Å²) in [4.78, 5) is 0. The van der Waals surface area contributed by atoms with E-state index in [1.807, 2.05) is 6.07 Å². The number of para-hydroxylation sites is 1. The average molecular weight is 312 g/mol. The van der Waals surface area contributed by atoms with Gasteiger partial charge in [0.05, 0.1) is 0 Å². The third-order valence-corrected chi connectivity index (χ3v) is 3.91. The molecule has 0 unspecified atom stereocenters. The van der Waals surface area contributed by atoms with Crippen LogP contribution in [0.2, 0.25) is 0 Å². The molecule has 0 bridgehead atoms. The monoisotopic (exact) mass is 312 g/mol. The van der Waals surface area contributed by atoms with E-state index in [1.165, 1.54) is 62.5 Å². The van der Waals surface area contributed by atoms with Gasteiger partial charge in [0.25, 0.3) is 0 Å². The van der Waals surface area contributed by atoms with Gasteiger partial charge < -0.3 is 5.11 Å².